The molecule has 6 heteroatoms. The summed E-state index contributed by atoms with van der Waals surface area (Å²) in [5.74, 6) is 2.06. The van der Waals surface area contributed by atoms with Crippen LogP contribution >= 0.6 is 11.8 Å². The molecule has 2 rings (SSSR count). The quantitative estimate of drug-likeness (QED) is 0.515. The second-order valence-corrected chi connectivity index (χ2v) is 7.83. The van der Waals surface area contributed by atoms with Crippen LogP contribution in [-0.2, 0) is 6.54 Å². The number of amides is 1. The normalized spacial score (nSPS) is 18.7. The predicted octanol–water partition coefficient (Wildman–Crippen LogP) is 2.78. The van der Waals surface area contributed by atoms with E-state index in [1.165, 1.54) is 18.6 Å². The summed E-state index contributed by atoms with van der Waals surface area (Å²) >= 11 is 2.03. The maximum absolute atomic E-state index is 12.2. The van der Waals surface area contributed by atoms with E-state index in [4.69, 9.17) is 0 Å². The van der Waals surface area contributed by atoms with Crippen molar-refractivity contribution in [3.05, 3.63) is 35.4 Å². The topological polar surface area (TPSA) is 65.5 Å². The number of hydrogen-bond acceptors (Lipinski definition) is 3. The Morgan fingerprint density at radius 3 is 2.92 bits per heavy atom. The van der Waals surface area contributed by atoms with Crippen molar-refractivity contribution < 1.29 is 4.79 Å². The molecule has 2 atom stereocenters. The monoisotopic (exact) mass is 362 g/mol. The molecule has 1 amide bonds. The minimum absolute atomic E-state index is 0.0167. The fourth-order valence-electron chi connectivity index (χ4n) is 2.65. The van der Waals surface area contributed by atoms with Gasteiger partial charge in [-0.15, -0.1) is 0 Å². The minimum atomic E-state index is -0.0167. The summed E-state index contributed by atoms with van der Waals surface area (Å²) < 4.78 is 0. The van der Waals surface area contributed by atoms with E-state index in [0.29, 0.717) is 17.4 Å². The van der Waals surface area contributed by atoms with E-state index in [2.05, 4.69) is 27.9 Å². The zero-order valence-corrected chi connectivity index (χ0v) is 16.3. The number of hydrogen-bond donors (Lipinski definition) is 3. The van der Waals surface area contributed by atoms with Gasteiger partial charge in [0.25, 0.3) is 5.91 Å². The average molecular weight is 363 g/mol. The van der Waals surface area contributed by atoms with E-state index >= 15 is 0 Å². The van der Waals surface area contributed by atoms with E-state index in [-0.39, 0.29) is 11.9 Å². The van der Waals surface area contributed by atoms with Crippen LogP contribution in [0.5, 0.6) is 0 Å². The largest absolute Gasteiger partial charge is 0.355 e. The van der Waals surface area contributed by atoms with Crippen LogP contribution in [0.25, 0.3) is 0 Å². The lowest BCUT2D eigenvalue weighted by molar-refractivity contribution is 0.0939. The Hall–Kier alpha value is -1.69. The van der Waals surface area contributed by atoms with E-state index in [1.54, 1.807) is 7.05 Å². The molecule has 138 valence electrons. The van der Waals surface area contributed by atoms with Gasteiger partial charge in [-0.05, 0) is 49.6 Å². The van der Waals surface area contributed by atoms with Gasteiger partial charge in [0.15, 0.2) is 5.96 Å². The maximum Gasteiger partial charge on any atom is 0.251 e. The number of benzene rings is 1. The number of nitrogens with one attached hydrogen (secondary N) is 3. The maximum atomic E-state index is 12.2. The Morgan fingerprint density at radius 2 is 2.24 bits per heavy atom. The number of aliphatic imine (C=N–C) groups is 1. The van der Waals surface area contributed by atoms with Gasteiger partial charge in [-0.3, -0.25) is 9.79 Å². The van der Waals surface area contributed by atoms with Crippen molar-refractivity contribution >= 4 is 23.6 Å². The minimum Gasteiger partial charge on any atom is -0.355 e. The first-order valence-corrected chi connectivity index (χ1v) is 10.1. The lowest BCUT2D eigenvalue weighted by Gasteiger charge is -2.15. The highest BCUT2D eigenvalue weighted by molar-refractivity contribution is 8.00. The lowest BCUT2D eigenvalue weighted by Crippen LogP contribution is -2.39. The average Bonchev–Trinajstić information content (AvgIpc) is 3.15. The van der Waals surface area contributed by atoms with Crippen molar-refractivity contribution in [3.63, 3.8) is 0 Å². The Kier molecular flexibility index (Phi) is 8.12. The van der Waals surface area contributed by atoms with E-state index in [0.717, 1.165) is 24.5 Å². The molecule has 0 bridgehead atoms. The van der Waals surface area contributed by atoms with Crippen LogP contribution in [0.4, 0.5) is 0 Å². The van der Waals surface area contributed by atoms with Gasteiger partial charge in [0.1, 0.15) is 0 Å². The summed E-state index contributed by atoms with van der Waals surface area (Å²) in [5.41, 5.74) is 1.76. The van der Waals surface area contributed by atoms with Crippen LogP contribution in [0, 0.1) is 0 Å². The number of nitrogens with zero attached hydrogens (tertiary/aromatic N) is 1. The molecular weight excluding hydrogens is 332 g/mol. The molecule has 0 aromatic heterocycles. The number of thioether (sulfide) groups is 1. The lowest BCUT2D eigenvalue weighted by atomic mass is 10.1. The highest BCUT2D eigenvalue weighted by Gasteiger charge is 2.15. The van der Waals surface area contributed by atoms with Crippen molar-refractivity contribution in [1.29, 1.82) is 0 Å². The Balaban J connectivity index is 1.84. The van der Waals surface area contributed by atoms with Gasteiger partial charge >= 0.3 is 0 Å². The Bertz CT molecular complexity index is 585. The van der Waals surface area contributed by atoms with Gasteiger partial charge in [0.05, 0.1) is 0 Å². The van der Waals surface area contributed by atoms with E-state index in [9.17, 15) is 4.79 Å². The predicted molar refractivity (Wildman–Crippen MR) is 107 cm³/mol. The molecule has 25 heavy (non-hydrogen) atoms. The van der Waals surface area contributed by atoms with Gasteiger partial charge in [-0.25, -0.2) is 0 Å². The van der Waals surface area contributed by atoms with Crippen LogP contribution in [0.1, 0.15) is 49.0 Å². The first-order valence-electron chi connectivity index (χ1n) is 9.08. The van der Waals surface area contributed by atoms with Crippen LogP contribution < -0.4 is 16.0 Å². The zero-order valence-electron chi connectivity index (χ0n) is 15.5. The fourth-order valence-corrected chi connectivity index (χ4v) is 3.86. The van der Waals surface area contributed by atoms with Crippen LogP contribution in [-0.4, -0.2) is 42.5 Å². The molecule has 5 nitrogen and oxygen atoms in total. The van der Waals surface area contributed by atoms with Crippen molar-refractivity contribution in [3.8, 4) is 0 Å². The third-order valence-corrected chi connectivity index (χ3v) is 5.78. The number of guanidine groups is 1. The molecule has 1 aromatic carbocycles. The highest BCUT2D eigenvalue weighted by atomic mass is 32.2. The van der Waals surface area contributed by atoms with Crippen molar-refractivity contribution in [2.45, 2.75) is 50.9 Å². The molecule has 2 unspecified atom stereocenters. The van der Waals surface area contributed by atoms with Crippen LogP contribution in [0.3, 0.4) is 0 Å². The number of carbonyl (C=O) groups excluding carboxylic acids is 1. The second-order valence-electron chi connectivity index (χ2n) is 6.42. The summed E-state index contributed by atoms with van der Waals surface area (Å²) in [6.07, 6.45) is 3.52. The highest BCUT2D eigenvalue weighted by Crippen LogP contribution is 2.25. The van der Waals surface area contributed by atoms with Crippen LogP contribution in [0.15, 0.2) is 29.3 Å². The SMILES string of the molecule is CCC(C)NC(=O)c1cccc(CNC(=NC)NCC2CCCS2)c1. The zero-order chi connectivity index (χ0) is 18.1. The van der Waals surface area contributed by atoms with Gasteiger partial charge < -0.3 is 16.0 Å². The third kappa shape index (κ3) is 6.61. The summed E-state index contributed by atoms with van der Waals surface area (Å²) in [6.45, 7) is 5.67. The molecular formula is C19H30N4OS. The molecule has 0 saturated carbocycles. The van der Waals surface area contributed by atoms with Crippen LogP contribution in [0.2, 0.25) is 0 Å². The Morgan fingerprint density at radius 1 is 1.40 bits per heavy atom. The van der Waals surface area contributed by atoms with Gasteiger partial charge in [0.2, 0.25) is 0 Å². The summed E-state index contributed by atoms with van der Waals surface area (Å²) in [7, 11) is 1.78. The van der Waals surface area contributed by atoms with Crippen molar-refractivity contribution in [2.75, 3.05) is 19.3 Å². The number of rotatable bonds is 7. The van der Waals surface area contributed by atoms with Crippen molar-refractivity contribution in [2.24, 2.45) is 4.99 Å². The summed E-state index contributed by atoms with van der Waals surface area (Å²) in [6, 6.07) is 7.92. The second kappa shape index (κ2) is 10.3. The van der Waals surface area contributed by atoms with E-state index < -0.39 is 0 Å². The van der Waals surface area contributed by atoms with E-state index in [1.807, 2.05) is 43.0 Å². The molecule has 1 fully saturated rings. The summed E-state index contributed by atoms with van der Waals surface area (Å²) in [4.78, 5) is 16.5. The first-order chi connectivity index (χ1) is 12.1. The smallest absolute Gasteiger partial charge is 0.251 e. The van der Waals surface area contributed by atoms with Gasteiger partial charge in [0, 0.05) is 37.0 Å². The van der Waals surface area contributed by atoms with Gasteiger partial charge in [-0.1, -0.05) is 19.1 Å². The first kappa shape index (κ1) is 19.6. The molecule has 1 aliphatic rings. The fraction of sp³-hybridized carbons (Fsp3) is 0.579. The Labute approximate surface area is 155 Å². The summed E-state index contributed by atoms with van der Waals surface area (Å²) in [5, 5.41) is 10.4. The third-order valence-electron chi connectivity index (χ3n) is 4.38. The number of carbonyl (C=O) groups is 1. The van der Waals surface area contributed by atoms with Gasteiger partial charge in [-0.2, -0.15) is 11.8 Å². The molecule has 1 heterocycles. The molecule has 1 saturated heterocycles. The molecule has 3 N–H and O–H groups in total. The standard InChI is InChI=1S/C19H30N4OS/c1-4-14(2)23-18(24)16-8-5-7-15(11-16)12-21-19(20-3)22-13-17-9-6-10-25-17/h5,7-8,11,14,17H,4,6,9-10,12-13H2,1-3H3,(H,23,24)(H2,20,21,22). The molecule has 1 aliphatic heterocycles. The molecule has 0 aliphatic carbocycles. The molecule has 1 aromatic rings. The molecule has 0 radical (unpaired) electrons. The van der Waals surface area contributed by atoms with Crippen molar-refractivity contribution in [1.82, 2.24) is 16.0 Å². The molecule has 0 spiro atoms.